The first-order valence-corrected chi connectivity index (χ1v) is 14.6. The van der Waals surface area contributed by atoms with Gasteiger partial charge in [-0.2, -0.15) is 10.2 Å². The van der Waals surface area contributed by atoms with Crippen molar-refractivity contribution in [2.24, 2.45) is 0 Å². The van der Waals surface area contributed by atoms with E-state index in [0.717, 1.165) is 79.4 Å². The highest BCUT2D eigenvalue weighted by Crippen LogP contribution is 2.40. The molecular weight excluding hydrogens is 512 g/mol. The van der Waals surface area contributed by atoms with Crippen LogP contribution >= 0.6 is 11.3 Å². The molecule has 0 amide bonds. The lowest BCUT2D eigenvalue weighted by Gasteiger charge is -2.35. The smallest absolute Gasteiger partial charge is 0.197 e. The van der Waals surface area contributed by atoms with Gasteiger partial charge in [-0.15, -0.1) is 11.3 Å². The second-order valence-electron chi connectivity index (χ2n) is 10.4. The summed E-state index contributed by atoms with van der Waals surface area (Å²) in [7, 11) is 1.64. The quantitative estimate of drug-likeness (QED) is 0.273. The Morgan fingerprint density at radius 1 is 1.23 bits per heavy atom. The van der Waals surface area contributed by atoms with Crippen molar-refractivity contribution in [1.82, 2.24) is 39.6 Å². The fourth-order valence-corrected chi connectivity index (χ4v) is 6.76. The Labute approximate surface area is 233 Å². The minimum Gasteiger partial charge on any atom is -0.493 e. The molecule has 208 valence electrons. The highest BCUT2D eigenvalue weighted by Gasteiger charge is 2.27. The molecule has 1 saturated heterocycles. The summed E-state index contributed by atoms with van der Waals surface area (Å²) in [5.74, 6) is 1.38. The SMILES string of the molecule is CCN(CC)C(C=O)CN1CCC(c2cnc(-c3[nH]nc(-c4cc(OC)c5ncnn5c4)c3C(C)C)s2)CC1. The number of piperidine rings is 1. The zero-order valence-electron chi connectivity index (χ0n) is 23.4. The van der Waals surface area contributed by atoms with Gasteiger partial charge in [0.05, 0.1) is 24.5 Å². The fourth-order valence-electron chi connectivity index (χ4n) is 5.66. The Morgan fingerprint density at radius 3 is 2.67 bits per heavy atom. The van der Waals surface area contributed by atoms with Crippen LogP contribution in [0.3, 0.4) is 0 Å². The molecule has 1 fully saturated rings. The molecule has 39 heavy (non-hydrogen) atoms. The number of aldehydes is 1. The molecule has 5 rings (SSSR count). The topological polar surface area (TPSA) is 105 Å². The molecule has 4 aromatic rings. The summed E-state index contributed by atoms with van der Waals surface area (Å²) < 4.78 is 7.30. The van der Waals surface area contributed by atoms with Gasteiger partial charge in [0, 0.05) is 34.9 Å². The van der Waals surface area contributed by atoms with Crippen LogP contribution in [-0.2, 0) is 4.79 Å². The lowest BCUT2D eigenvalue weighted by Crippen LogP contribution is -2.47. The molecule has 0 spiro atoms. The van der Waals surface area contributed by atoms with Crippen molar-refractivity contribution >= 4 is 23.3 Å². The Morgan fingerprint density at radius 2 is 2.00 bits per heavy atom. The van der Waals surface area contributed by atoms with Gasteiger partial charge in [0.1, 0.15) is 17.6 Å². The van der Waals surface area contributed by atoms with Gasteiger partial charge in [0.15, 0.2) is 11.4 Å². The zero-order valence-corrected chi connectivity index (χ0v) is 24.2. The van der Waals surface area contributed by atoms with Crippen LogP contribution in [0.15, 0.2) is 24.8 Å². The molecule has 4 aromatic heterocycles. The average Bonchev–Trinajstić information content (AvgIpc) is 3.72. The van der Waals surface area contributed by atoms with Crippen LogP contribution < -0.4 is 4.74 Å². The second kappa shape index (κ2) is 11.9. The highest BCUT2D eigenvalue weighted by molar-refractivity contribution is 7.15. The molecule has 1 atom stereocenters. The standard InChI is InChI=1S/C28H38N8O2S/c1-6-35(7-2)21(16-37)15-34-10-8-19(9-11-34)23-13-29-28(39-23)26-24(18(3)4)25(32-33-26)20-12-22(38-5)27-30-17-31-36(27)14-20/h12-14,16-19,21H,6-11,15H2,1-5H3,(H,32,33). The first-order chi connectivity index (χ1) is 19.0. The van der Waals surface area contributed by atoms with E-state index in [2.05, 4.69) is 52.7 Å². The van der Waals surface area contributed by atoms with Gasteiger partial charge in [0.25, 0.3) is 0 Å². The van der Waals surface area contributed by atoms with Crippen molar-refractivity contribution in [3.8, 4) is 27.7 Å². The van der Waals surface area contributed by atoms with Gasteiger partial charge in [0.2, 0.25) is 0 Å². The number of carbonyl (C=O) groups is 1. The average molecular weight is 551 g/mol. The minimum atomic E-state index is -0.0270. The molecule has 10 nitrogen and oxygen atoms in total. The number of aromatic amines is 1. The van der Waals surface area contributed by atoms with Gasteiger partial charge >= 0.3 is 0 Å². The van der Waals surface area contributed by atoms with Crippen LogP contribution in [0, 0.1) is 0 Å². The minimum absolute atomic E-state index is 0.0270. The van der Waals surface area contributed by atoms with E-state index < -0.39 is 0 Å². The number of methoxy groups -OCH3 is 1. The summed E-state index contributed by atoms with van der Waals surface area (Å²) in [4.78, 5) is 26.8. The molecule has 1 N–H and O–H groups in total. The molecule has 11 heteroatoms. The largest absolute Gasteiger partial charge is 0.493 e. The zero-order chi connectivity index (χ0) is 27.5. The van der Waals surface area contributed by atoms with Crippen molar-refractivity contribution in [2.75, 3.05) is 39.8 Å². The number of likely N-dealkylation sites (tertiary alicyclic amines) is 1. The van der Waals surface area contributed by atoms with E-state index in [4.69, 9.17) is 14.8 Å². The maximum Gasteiger partial charge on any atom is 0.197 e. The number of fused-ring (bicyclic) bond motifs is 1. The number of nitrogens with zero attached hydrogens (tertiary/aromatic N) is 7. The maximum atomic E-state index is 11.7. The van der Waals surface area contributed by atoms with Crippen LogP contribution in [0.2, 0.25) is 0 Å². The third-order valence-corrected chi connectivity index (χ3v) is 9.00. The van der Waals surface area contributed by atoms with Crippen molar-refractivity contribution in [3.63, 3.8) is 0 Å². The number of likely N-dealkylation sites (N-methyl/N-ethyl adjacent to an activating group) is 1. The molecule has 1 unspecified atom stereocenters. The molecule has 5 heterocycles. The van der Waals surface area contributed by atoms with E-state index in [1.54, 1.807) is 23.0 Å². The van der Waals surface area contributed by atoms with E-state index in [-0.39, 0.29) is 12.0 Å². The number of hydrogen-bond donors (Lipinski definition) is 1. The highest BCUT2D eigenvalue weighted by atomic mass is 32.1. The summed E-state index contributed by atoms with van der Waals surface area (Å²) in [6.07, 6.45) is 8.77. The predicted molar refractivity (Wildman–Crippen MR) is 154 cm³/mol. The molecule has 0 radical (unpaired) electrons. The number of nitrogens with one attached hydrogen (secondary N) is 1. The van der Waals surface area contributed by atoms with E-state index in [1.807, 2.05) is 18.5 Å². The second-order valence-corrected chi connectivity index (χ2v) is 11.5. The number of aromatic nitrogens is 6. The first-order valence-electron chi connectivity index (χ1n) is 13.8. The maximum absolute atomic E-state index is 11.7. The van der Waals surface area contributed by atoms with Gasteiger partial charge in [-0.3, -0.25) is 10.00 Å². The van der Waals surface area contributed by atoms with Crippen molar-refractivity contribution in [2.45, 2.75) is 58.4 Å². The molecular formula is C28H38N8O2S. The first kappa shape index (κ1) is 27.4. The van der Waals surface area contributed by atoms with Crippen LogP contribution in [-0.4, -0.2) is 91.7 Å². The van der Waals surface area contributed by atoms with Crippen molar-refractivity contribution in [1.29, 1.82) is 0 Å². The summed E-state index contributed by atoms with van der Waals surface area (Å²) >= 11 is 1.76. The Bertz CT molecular complexity index is 1400. The summed E-state index contributed by atoms with van der Waals surface area (Å²) in [6, 6.07) is 1.94. The number of thiazole rings is 1. The number of ether oxygens (including phenoxy) is 1. The van der Waals surface area contributed by atoms with Crippen LogP contribution in [0.4, 0.5) is 0 Å². The fraction of sp³-hybridized carbons (Fsp3) is 0.536. The van der Waals surface area contributed by atoms with Crippen LogP contribution in [0.25, 0.3) is 27.6 Å². The van der Waals surface area contributed by atoms with Crippen LogP contribution in [0.1, 0.15) is 62.8 Å². The molecule has 0 bridgehead atoms. The Hall–Kier alpha value is -3.15. The predicted octanol–water partition coefficient (Wildman–Crippen LogP) is 4.46. The number of rotatable bonds is 11. The molecule has 0 saturated carbocycles. The number of H-pyrrole nitrogens is 1. The van der Waals surface area contributed by atoms with Crippen LogP contribution in [0.5, 0.6) is 5.75 Å². The van der Waals surface area contributed by atoms with E-state index >= 15 is 0 Å². The number of carbonyl (C=O) groups excluding carboxylic acids is 1. The third kappa shape index (κ3) is 5.48. The molecule has 0 aromatic carbocycles. The van der Waals surface area contributed by atoms with Gasteiger partial charge in [-0.1, -0.05) is 27.7 Å². The van der Waals surface area contributed by atoms with E-state index in [9.17, 15) is 4.79 Å². The molecule has 1 aliphatic rings. The lowest BCUT2D eigenvalue weighted by atomic mass is 9.95. The summed E-state index contributed by atoms with van der Waals surface area (Å²) in [5.41, 5.74) is 4.56. The van der Waals surface area contributed by atoms with E-state index in [0.29, 0.717) is 17.3 Å². The Kier molecular flexibility index (Phi) is 8.39. The number of hydrogen-bond acceptors (Lipinski definition) is 9. The lowest BCUT2D eigenvalue weighted by molar-refractivity contribution is -0.113. The van der Waals surface area contributed by atoms with Crippen molar-refractivity contribution in [3.05, 3.63) is 35.2 Å². The number of pyridine rings is 1. The van der Waals surface area contributed by atoms with Crippen molar-refractivity contribution < 1.29 is 9.53 Å². The molecule has 0 aliphatic carbocycles. The normalized spacial score (nSPS) is 16.0. The summed E-state index contributed by atoms with van der Waals surface area (Å²) in [6.45, 7) is 13.2. The summed E-state index contributed by atoms with van der Waals surface area (Å²) in [5, 5.41) is 13.3. The van der Waals surface area contributed by atoms with Gasteiger partial charge in [-0.25, -0.2) is 14.5 Å². The third-order valence-electron chi connectivity index (χ3n) is 7.83. The molecule has 1 aliphatic heterocycles. The Balaban J connectivity index is 1.34. The monoisotopic (exact) mass is 550 g/mol. The van der Waals surface area contributed by atoms with Gasteiger partial charge in [-0.05, 0) is 56.9 Å². The van der Waals surface area contributed by atoms with E-state index in [1.165, 1.54) is 11.2 Å². The van der Waals surface area contributed by atoms with Gasteiger partial charge < -0.3 is 14.4 Å².